The van der Waals surface area contributed by atoms with Crippen LogP contribution in [0, 0.1) is 13.8 Å². The van der Waals surface area contributed by atoms with Crippen molar-refractivity contribution in [2.45, 2.75) is 20.0 Å². The summed E-state index contributed by atoms with van der Waals surface area (Å²) in [5, 5.41) is 12.2. The summed E-state index contributed by atoms with van der Waals surface area (Å²) < 4.78 is 0. The van der Waals surface area contributed by atoms with Crippen LogP contribution in [0.15, 0.2) is 35.7 Å². The average Bonchev–Trinajstić information content (AvgIpc) is 3.12. The molecular weight excluding hydrogens is 320 g/mol. The molecule has 0 saturated carbocycles. The second-order valence-corrected chi connectivity index (χ2v) is 7.40. The van der Waals surface area contributed by atoms with Gasteiger partial charge in [-0.3, -0.25) is 9.69 Å². The largest absolute Gasteiger partial charge is 0.386 e. The van der Waals surface area contributed by atoms with Gasteiger partial charge in [-0.2, -0.15) is 0 Å². The Bertz CT molecular complexity index is 691. The van der Waals surface area contributed by atoms with Crippen LogP contribution in [-0.4, -0.2) is 53.5 Å². The number of aryl methyl sites for hydroxylation is 2. The Morgan fingerprint density at radius 1 is 1.17 bits per heavy atom. The second kappa shape index (κ2) is 7.47. The summed E-state index contributed by atoms with van der Waals surface area (Å²) in [7, 11) is 0. The Kier molecular flexibility index (Phi) is 5.33. The Hall–Kier alpha value is -1.69. The summed E-state index contributed by atoms with van der Waals surface area (Å²) in [5.41, 5.74) is 3.13. The molecule has 1 saturated heterocycles. The van der Waals surface area contributed by atoms with Crippen LogP contribution in [-0.2, 0) is 0 Å². The zero-order valence-electron chi connectivity index (χ0n) is 14.2. The first-order valence-electron chi connectivity index (χ1n) is 8.35. The van der Waals surface area contributed by atoms with Crippen molar-refractivity contribution >= 4 is 17.2 Å². The van der Waals surface area contributed by atoms with Gasteiger partial charge in [-0.15, -0.1) is 11.3 Å². The van der Waals surface area contributed by atoms with E-state index in [1.807, 2.05) is 47.5 Å². The van der Waals surface area contributed by atoms with Crippen molar-refractivity contribution in [2.24, 2.45) is 0 Å². The second-order valence-electron chi connectivity index (χ2n) is 6.42. The molecule has 5 heteroatoms. The number of carbonyl (C=O) groups excluding carboxylic acids is 1. The maximum atomic E-state index is 12.6. The summed E-state index contributed by atoms with van der Waals surface area (Å²) in [6, 6.07) is 9.83. The number of thiophene rings is 1. The van der Waals surface area contributed by atoms with Gasteiger partial charge in [0.05, 0.1) is 0 Å². The van der Waals surface area contributed by atoms with Gasteiger partial charge in [-0.05, 0) is 48.6 Å². The van der Waals surface area contributed by atoms with Crippen molar-refractivity contribution < 1.29 is 9.90 Å². The fraction of sp³-hybridized carbons (Fsp3) is 0.421. The number of hydrogen-bond acceptors (Lipinski definition) is 4. The molecule has 3 rings (SSSR count). The van der Waals surface area contributed by atoms with Crippen LogP contribution < -0.4 is 0 Å². The zero-order valence-corrected chi connectivity index (χ0v) is 15.1. The van der Waals surface area contributed by atoms with E-state index in [4.69, 9.17) is 0 Å². The molecule has 1 N–H and O–H groups in total. The monoisotopic (exact) mass is 344 g/mol. The number of hydrogen-bond donors (Lipinski definition) is 1. The molecule has 1 aromatic carbocycles. The molecule has 128 valence electrons. The van der Waals surface area contributed by atoms with E-state index in [2.05, 4.69) is 11.8 Å². The summed E-state index contributed by atoms with van der Waals surface area (Å²) in [6.07, 6.45) is -0.438. The van der Waals surface area contributed by atoms with Crippen LogP contribution in [0.4, 0.5) is 0 Å². The molecule has 1 amide bonds. The number of carbonyl (C=O) groups is 1. The highest BCUT2D eigenvalue weighted by Gasteiger charge is 2.24. The first-order valence-corrected chi connectivity index (χ1v) is 9.23. The number of rotatable bonds is 4. The lowest BCUT2D eigenvalue weighted by atomic mass is 10.1. The molecule has 2 aromatic rings. The van der Waals surface area contributed by atoms with Crippen LogP contribution >= 0.6 is 11.3 Å². The van der Waals surface area contributed by atoms with Gasteiger partial charge >= 0.3 is 0 Å². The van der Waals surface area contributed by atoms with E-state index < -0.39 is 6.10 Å². The molecule has 0 spiro atoms. The van der Waals surface area contributed by atoms with Crippen molar-refractivity contribution in [1.29, 1.82) is 0 Å². The van der Waals surface area contributed by atoms with Gasteiger partial charge in [-0.25, -0.2) is 0 Å². The lowest BCUT2D eigenvalue weighted by Crippen LogP contribution is -2.49. The molecule has 1 aliphatic rings. The van der Waals surface area contributed by atoms with Crippen molar-refractivity contribution in [1.82, 2.24) is 9.80 Å². The van der Waals surface area contributed by atoms with E-state index in [1.54, 1.807) is 11.3 Å². The summed E-state index contributed by atoms with van der Waals surface area (Å²) >= 11 is 1.58. The van der Waals surface area contributed by atoms with Crippen LogP contribution in [0.2, 0.25) is 0 Å². The minimum atomic E-state index is -0.438. The quantitative estimate of drug-likeness (QED) is 0.927. The third-order valence-electron chi connectivity index (χ3n) is 4.72. The Morgan fingerprint density at radius 3 is 2.54 bits per heavy atom. The predicted octanol–water partition coefficient (Wildman–Crippen LogP) is 2.86. The third kappa shape index (κ3) is 3.86. The minimum absolute atomic E-state index is 0.108. The van der Waals surface area contributed by atoms with Crippen LogP contribution in [0.1, 0.15) is 32.5 Å². The number of piperazine rings is 1. The van der Waals surface area contributed by atoms with E-state index >= 15 is 0 Å². The molecule has 1 fully saturated rings. The maximum absolute atomic E-state index is 12.6. The highest BCUT2D eigenvalue weighted by Crippen LogP contribution is 2.20. The number of benzene rings is 1. The molecule has 0 radical (unpaired) electrons. The number of amides is 1. The molecule has 4 nitrogen and oxygen atoms in total. The van der Waals surface area contributed by atoms with E-state index in [0.29, 0.717) is 19.6 Å². The topological polar surface area (TPSA) is 43.8 Å². The molecule has 1 aliphatic heterocycles. The van der Waals surface area contributed by atoms with Crippen molar-refractivity contribution in [3.8, 4) is 0 Å². The van der Waals surface area contributed by atoms with E-state index in [9.17, 15) is 9.90 Å². The van der Waals surface area contributed by atoms with Crippen LogP contribution in [0.3, 0.4) is 0 Å². The summed E-state index contributed by atoms with van der Waals surface area (Å²) in [6.45, 7) is 7.76. The van der Waals surface area contributed by atoms with Gasteiger partial charge in [0.15, 0.2) is 0 Å². The predicted molar refractivity (Wildman–Crippen MR) is 97.5 cm³/mol. The van der Waals surface area contributed by atoms with E-state index in [0.717, 1.165) is 29.1 Å². The minimum Gasteiger partial charge on any atom is -0.386 e. The first-order chi connectivity index (χ1) is 11.5. The molecule has 1 unspecified atom stereocenters. The average molecular weight is 344 g/mol. The smallest absolute Gasteiger partial charge is 0.253 e. The SMILES string of the molecule is Cc1ccc(C(=O)N2CCN(CC(O)c3cccs3)CC2)cc1C. The number of aliphatic hydroxyl groups is 1. The van der Waals surface area contributed by atoms with Crippen LogP contribution in [0.25, 0.3) is 0 Å². The highest BCUT2D eigenvalue weighted by molar-refractivity contribution is 7.10. The van der Waals surface area contributed by atoms with Crippen molar-refractivity contribution in [3.63, 3.8) is 0 Å². The third-order valence-corrected chi connectivity index (χ3v) is 5.69. The van der Waals surface area contributed by atoms with Gasteiger partial charge in [0.2, 0.25) is 0 Å². The standard InChI is InChI=1S/C19H24N2O2S/c1-14-5-6-16(12-15(14)2)19(23)21-9-7-20(8-10-21)13-17(22)18-4-3-11-24-18/h3-6,11-12,17,22H,7-10,13H2,1-2H3. The van der Waals surface area contributed by atoms with Gasteiger partial charge in [0.1, 0.15) is 6.10 Å². The maximum Gasteiger partial charge on any atom is 0.253 e. The number of aliphatic hydroxyl groups excluding tert-OH is 1. The zero-order chi connectivity index (χ0) is 17.1. The Morgan fingerprint density at radius 2 is 1.92 bits per heavy atom. The van der Waals surface area contributed by atoms with E-state index in [1.165, 1.54) is 5.56 Å². The van der Waals surface area contributed by atoms with Gasteiger partial charge in [0, 0.05) is 43.2 Å². The Balaban J connectivity index is 1.54. The summed E-state index contributed by atoms with van der Waals surface area (Å²) in [5.74, 6) is 0.108. The fourth-order valence-corrected chi connectivity index (χ4v) is 3.71. The van der Waals surface area contributed by atoms with Crippen LogP contribution in [0.5, 0.6) is 0 Å². The molecule has 0 bridgehead atoms. The molecular formula is C19H24N2O2S. The van der Waals surface area contributed by atoms with E-state index in [-0.39, 0.29) is 5.91 Å². The summed E-state index contributed by atoms with van der Waals surface area (Å²) in [4.78, 5) is 17.8. The molecule has 2 heterocycles. The number of β-amino-alcohol motifs (C(OH)–C–C–N with tert-alkyl or cyclic N) is 1. The number of nitrogens with zero attached hydrogens (tertiary/aromatic N) is 2. The van der Waals surface area contributed by atoms with Crippen molar-refractivity contribution in [3.05, 3.63) is 57.3 Å². The molecule has 1 aromatic heterocycles. The molecule has 24 heavy (non-hydrogen) atoms. The first kappa shape index (κ1) is 17.1. The normalized spacial score (nSPS) is 17.0. The fourth-order valence-electron chi connectivity index (χ4n) is 3.01. The molecule has 1 atom stereocenters. The van der Waals surface area contributed by atoms with Gasteiger partial charge in [0.25, 0.3) is 5.91 Å². The lowest BCUT2D eigenvalue weighted by molar-refractivity contribution is 0.0533. The lowest BCUT2D eigenvalue weighted by Gasteiger charge is -2.35. The molecule has 0 aliphatic carbocycles. The van der Waals surface area contributed by atoms with Crippen molar-refractivity contribution in [2.75, 3.05) is 32.7 Å². The van der Waals surface area contributed by atoms with Gasteiger partial charge in [-0.1, -0.05) is 12.1 Å². The highest BCUT2D eigenvalue weighted by atomic mass is 32.1. The van der Waals surface area contributed by atoms with Gasteiger partial charge < -0.3 is 10.0 Å². The Labute approximate surface area is 147 Å².